The van der Waals surface area contributed by atoms with Gasteiger partial charge in [-0.2, -0.15) is 0 Å². The number of rotatable bonds is 3. The van der Waals surface area contributed by atoms with Gasteiger partial charge in [0.25, 0.3) is 0 Å². The zero-order valence-electron chi connectivity index (χ0n) is 14.0. The Hall–Kier alpha value is -2.47. The first-order chi connectivity index (χ1) is 11.5. The average molecular weight is 326 g/mol. The van der Waals surface area contributed by atoms with E-state index in [0.29, 0.717) is 11.7 Å². The lowest BCUT2D eigenvalue weighted by molar-refractivity contribution is -0.136. The second kappa shape index (κ2) is 6.97. The number of amides is 2. The summed E-state index contributed by atoms with van der Waals surface area (Å²) in [4.78, 5) is 30.7. The third kappa shape index (κ3) is 3.71. The zero-order chi connectivity index (χ0) is 17.1. The van der Waals surface area contributed by atoms with Crippen LogP contribution in [0.25, 0.3) is 10.9 Å². The van der Waals surface area contributed by atoms with Crippen LogP contribution in [0.15, 0.2) is 36.5 Å². The van der Waals surface area contributed by atoms with Gasteiger partial charge in [-0.05, 0) is 44.5 Å². The quantitative estimate of drug-likeness (QED) is 0.843. The summed E-state index contributed by atoms with van der Waals surface area (Å²) in [5, 5.41) is 6.38. The van der Waals surface area contributed by atoms with E-state index in [-0.39, 0.29) is 6.04 Å². The molecule has 2 amide bonds. The number of hydrogen-bond acceptors (Lipinski definition) is 4. The van der Waals surface area contributed by atoms with Gasteiger partial charge in [-0.3, -0.25) is 19.5 Å². The Morgan fingerprint density at radius 1 is 1.25 bits per heavy atom. The molecule has 0 spiro atoms. The molecule has 1 unspecified atom stereocenters. The van der Waals surface area contributed by atoms with Crippen molar-refractivity contribution in [1.29, 1.82) is 0 Å². The largest absolute Gasteiger partial charge is 0.344 e. The van der Waals surface area contributed by atoms with Crippen LogP contribution >= 0.6 is 0 Å². The summed E-state index contributed by atoms with van der Waals surface area (Å²) in [7, 11) is 0. The molecule has 24 heavy (non-hydrogen) atoms. The molecule has 1 saturated heterocycles. The minimum absolute atomic E-state index is 0.0338. The summed E-state index contributed by atoms with van der Waals surface area (Å²) in [6, 6.07) is 9.61. The highest BCUT2D eigenvalue weighted by atomic mass is 16.2. The molecule has 6 heteroatoms. The van der Waals surface area contributed by atoms with Crippen LogP contribution in [-0.2, 0) is 9.59 Å². The van der Waals surface area contributed by atoms with Crippen LogP contribution in [0, 0.1) is 0 Å². The topological polar surface area (TPSA) is 74.3 Å². The van der Waals surface area contributed by atoms with Crippen LogP contribution in [0.3, 0.4) is 0 Å². The number of nitrogens with zero attached hydrogens (tertiary/aromatic N) is 2. The predicted molar refractivity (Wildman–Crippen MR) is 93.6 cm³/mol. The van der Waals surface area contributed by atoms with E-state index in [9.17, 15) is 9.59 Å². The Balaban J connectivity index is 1.58. The van der Waals surface area contributed by atoms with Gasteiger partial charge in [-0.1, -0.05) is 6.07 Å². The van der Waals surface area contributed by atoms with Crippen molar-refractivity contribution in [2.75, 3.05) is 18.4 Å². The van der Waals surface area contributed by atoms with Gasteiger partial charge in [0.15, 0.2) is 0 Å². The molecular weight excluding hydrogens is 304 g/mol. The number of hydrogen-bond donors (Lipinski definition) is 2. The third-order valence-corrected chi connectivity index (χ3v) is 4.35. The van der Waals surface area contributed by atoms with Crippen LogP contribution in [0.1, 0.15) is 20.3 Å². The minimum Gasteiger partial charge on any atom is -0.344 e. The molecule has 0 aliphatic carbocycles. The summed E-state index contributed by atoms with van der Waals surface area (Å²) >= 11 is 0. The Bertz CT molecular complexity index is 760. The summed E-state index contributed by atoms with van der Waals surface area (Å²) in [6.45, 7) is 6.00. The molecule has 1 atom stereocenters. The molecule has 1 aliphatic heterocycles. The Morgan fingerprint density at radius 3 is 2.83 bits per heavy atom. The van der Waals surface area contributed by atoms with Crippen molar-refractivity contribution in [3.05, 3.63) is 36.5 Å². The Labute approximate surface area is 141 Å². The molecule has 0 radical (unpaired) electrons. The van der Waals surface area contributed by atoms with E-state index in [2.05, 4.69) is 34.4 Å². The summed E-state index contributed by atoms with van der Waals surface area (Å²) in [5.74, 6) is -1.22. The van der Waals surface area contributed by atoms with Crippen molar-refractivity contribution in [2.24, 2.45) is 0 Å². The second-order valence-electron chi connectivity index (χ2n) is 6.41. The fourth-order valence-electron chi connectivity index (χ4n) is 2.97. The van der Waals surface area contributed by atoms with Crippen LogP contribution in [-0.4, -0.2) is 46.9 Å². The first kappa shape index (κ1) is 16.4. The smallest absolute Gasteiger partial charge is 0.313 e. The predicted octanol–water partition coefficient (Wildman–Crippen LogP) is 1.77. The number of benzene rings is 1. The molecule has 2 aromatic rings. The monoisotopic (exact) mass is 326 g/mol. The van der Waals surface area contributed by atoms with Crippen molar-refractivity contribution in [1.82, 2.24) is 15.2 Å². The first-order valence-electron chi connectivity index (χ1n) is 8.23. The van der Waals surface area contributed by atoms with Crippen molar-refractivity contribution in [2.45, 2.75) is 32.4 Å². The zero-order valence-corrected chi connectivity index (χ0v) is 14.0. The van der Waals surface area contributed by atoms with Gasteiger partial charge >= 0.3 is 11.8 Å². The van der Waals surface area contributed by atoms with E-state index in [4.69, 9.17) is 0 Å². The molecular formula is C18H22N4O2. The number of anilines is 1. The SMILES string of the molecule is CC(C)N1CCC(NC(=O)C(=O)Nc2ccc3ncccc3c2)C1. The molecule has 2 N–H and O–H groups in total. The van der Waals surface area contributed by atoms with Gasteiger partial charge in [0, 0.05) is 42.4 Å². The lowest BCUT2D eigenvalue weighted by Crippen LogP contribution is -2.43. The molecule has 2 heterocycles. The average Bonchev–Trinajstić information content (AvgIpc) is 3.03. The highest BCUT2D eigenvalue weighted by Crippen LogP contribution is 2.17. The van der Waals surface area contributed by atoms with Crippen molar-refractivity contribution >= 4 is 28.4 Å². The normalized spacial score (nSPS) is 18.0. The second-order valence-corrected chi connectivity index (χ2v) is 6.41. The van der Waals surface area contributed by atoms with Gasteiger partial charge < -0.3 is 10.6 Å². The van der Waals surface area contributed by atoms with E-state index in [1.165, 1.54) is 0 Å². The summed E-state index contributed by atoms with van der Waals surface area (Å²) < 4.78 is 0. The highest BCUT2D eigenvalue weighted by molar-refractivity contribution is 6.39. The van der Waals surface area contributed by atoms with Crippen LogP contribution < -0.4 is 10.6 Å². The number of carbonyl (C=O) groups is 2. The molecule has 1 aliphatic rings. The summed E-state index contributed by atoms with van der Waals surface area (Å²) in [5.41, 5.74) is 1.44. The maximum Gasteiger partial charge on any atom is 0.313 e. The molecule has 3 rings (SSSR count). The molecule has 0 saturated carbocycles. The maximum absolute atomic E-state index is 12.1. The standard InChI is InChI=1S/C18H22N4O2/c1-12(2)22-9-7-15(11-22)21-18(24)17(23)20-14-5-6-16-13(10-14)4-3-8-19-16/h3-6,8,10,12,15H,7,9,11H2,1-2H3,(H,20,23)(H,21,24). The van der Waals surface area contributed by atoms with Gasteiger partial charge in [0.1, 0.15) is 0 Å². The van der Waals surface area contributed by atoms with Gasteiger partial charge in [-0.15, -0.1) is 0 Å². The molecule has 1 fully saturated rings. The number of nitrogens with one attached hydrogen (secondary N) is 2. The first-order valence-corrected chi connectivity index (χ1v) is 8.23. The molecule has 1 aromatic carbocycles. The number of pyridine rings is 1. The molecule has 126 valence electrons. The van der Waals surface area contributed by atoms with Crippen molar-refractivity contribution < 1.29 is 9.59 Å². The van der Waals surface area contributed by atoms with Gasteiger partial charge in [-0.25, -0.2) is 0 Å². The van der Waals surface area contributed by atoms with E-state index in [1.807, 2.05) is 24.3 Å². The fraction of sp³-hybridized carbons (Fsp3) is 0.389. The lowest BCUT2D eigenvalue weighted by atomic mass is 10.2. The lowest BCUT2D eigenvalue weighted by Gasteiger charge is -2.20. The number of carbonyl (C=O) groups excluding carboxylic acids is 2. The fourth-order valence-corrected chi connectivity index (χ4v) is 2.97. The van der Waals surface area contributed by atoms with Crippen LogP contribution in [0.2, 0.25) is 0 Å². The van der Waals surface area contributed by atoms with Crippen molar-refractivity contribution in [3.8, 4) is 0 Å². The summed E-state index contributed by atoms with van der Waals surface area (Å²) in [6.07, 6.45) is 2.59. The van der Waals surface area contributed by atoms with Crippen molar-refractivity contribution in [3.63, 3.8) is 0 Å². The molecule has 0 bridgehead atoms. The van der Waals surface area contributed by atoms with Gasteiger partial charge in [0.2, 0.25) is 0 Å². The number of fused-ring (bicyclic) bond motifs is 1. The van der Waals surface area contributed by atoms with Crippen LogP contribution in [0.5, 0.6) is 0 Å². The molecule has 1 aromatic heterocycles. The highest BCUT2D eigenvalue weighted by Gasteiger charge is 2.27. The maximum atomic E-state index is 12.1. The van der Waals surface area contributed by atoms with Crippen LogP contribution in [0.4, 0.5) is 5.69 Å². The third-order valence-electron chi connectivity index (χ3n) is 4.35. The number of likely N-dealkylation sites (tertiary alicyclic amines) is 1. The van der Waals surface area contributed by atoms with E-state index in [0.717, 1.165) is 30.4 Å². The Morgan fingerprint density at radius 2 is 2.08 bits per heavy atom. The van der Waals surface area contributed by atoms with Gasteiger partial charge in [0.05, 0.1) is 5.52 Å². The van der Waals surface area contributed by atoms with E-state index in [1.54, 1.807) is 12.3 Å². The molecule has 6 nitrogen and oxygen atoms in total. The van der Waals surface area contributed by atoms with E-state index < -0.39 is 11.8 Å². The minimum atomic E-state index is -0.638. The number of aromatic nitrogens is 1. The van der Waals surface area contributed by atoms with E-state index >= 15 is 0 Å². The Kier molecular flexibility index (Phi) is 4.76.